The van der Waals surface area contributed by atoms with E-state index in [4.69, 9.17) is 15.2 Å². The van der Waals surface area contributed by atoms with Gasteiger partial charge >= 0.3 is 5.97 Å². The zero-order chi connectivity index (χ0) is 21.9. The number of hydrogen-bond acceptors (Lipinski definition) is 7. The van der Waals surface area contributed by atoms with E-state index in [0.29, 0.717) is 48.4 Å². The molecule has 0 aromatic carbocycles. The van der Waals surface area contributed by atoms with E-state index >= 15 is 0 Å². The van der Waals surface area contributed by atoms with Crippen molar-refractivity contribution in [2.24, 2.45) is 11.1 Å². The third kappa shape index (κ3) is 4.55. The number of nitrogens with two attached hydrogens (primary N) is 1. The molecular weight excluding hydrogens is 386 g/mol. The Morgan fingerprint density at radius 3 is 2.73 bits per heavy atom. The molecule has 2 aliphatic rings. The number of hydrogen-bond donors (Lipinski definition) is 3. The Balaban J connectivity index is 2.19. The van der Waals surface area contributed by atoms with Crippen LogP contribution in [0.25, 0.3) is 0 Å². The minimum absolute atomic E-state index is 0.0391. The molecule has 0 saturated heterocycles. The number of rotatable bonds is 7. The highest BCUT2D eigenvalue weighted by molar-refractivity contribution is 6.04. The van der Waals surface area contributed by atoms with Crippen molar-refractivity contribution in [2.45, 2.75) is 39.5 Å². The van der Waals surface area contributed by atoms with Crippen LogP contribution in [0.5, 0.6) is 0 Å². The van der Waals surface area contributed by atoms with Gasteiger partial charge in [0.05, 0.1) is 31.1 Å². The Kier molecular flexibility index (Phi) is 6.58. The van der Waals surface area contributed by atoms with Crippen LogP contribution < -0.4 is 16.6 Å². The van der Waals surface area contributed by atoms with Gasteiger partial charge < -0.3 is 25.5 Å². The van der Waals surface area contributed by atoms with E-state index in [9.17, 15) is 14.4 Å². The molecule has 2 heterocycles. The number of Topliss-reactive ketones (excluding diaryl/α,β-unsaturated/α-hetero) is 1. The van der Waals surface area contributed by atoms with Crippen LogP contribution in [0.1, 0.15) is 45.1 Å². The Morgan fingerprint density at radius 2 is 2.07 bits per heavy atom. The average molecular weight is 415 g/mol. The summed E-state index contributed by atoms with van der Waals surface area (Å²) in [5.41, 5.74) is 7.70. The van der Waals surface area contributed by atoms with Crippen molar-refractivity contribution in [3.8, 4) is 0 Å². The third-order valence-corrected chi connectivity index (χ3v) is 5.26. The lowest BCUT2D eigenvalue weighted by atomic mass is 9.68. The zero-order valence-corrected chi connectivity index (χ0v) is 17.7. The number of nitrogens with one attached hydrogen (secondary N) is 2. The van der Waals surface area contributed by atoms with Crippen LogP contribution in [-0.2, 0) is 19.1 Å². The van der Waals surface area contributed by atoms with Crippen LogP contribution in [0.15, 0.2) is 45.7 Å². The molecule has 0 amide bonds. The SMILES string of the molecule is CCOC(=O)C1=C(COCCN)NC2=C(C(=O)CC(C)(C)C2)C1c1cc[nH]c(=O)c1. The Hall–Kier alpha value is -2.71. The van der Waals surface area contributed by atoms with Gasteiger partial charge in [-0.1, -0.05) is 13.8 Å². The maximum absolute atomic E-state index is 13.2. The number of ether oxygens (including phenoxy) is 2. The van der Waals surface area contributed by atoms with E-state index in [1.807, 2.05) is 13.8 Å². The van der Waals surface area contributed by atoms with Crippen LogP contribution in [0.4, 0.5) is 0 Å². The highest BCUT2D eigenvalue weighted by atomic mass is 16.5. The Morgan fingerprint density at radius 1 is 1.30 bits per heavy atom. The van der Waals surface area contributed by atoms with E-state index in [-0.39, 0.29) is 30.0 Å². The smallest absolute Gasteiger partial charge is 0.336 e. The van der Waals surface area contributed by atoms with E-state index in [2.05, 4.69) is 10.3 Å². The lowest BCUT2D eigenvalue weighted by Crippen LogP contribution is -2.40. The van der Waals surface area contributed by atoms with Gasteiger partial charge in [-0.15, -0.1) is 0 Å². The van der Waals surface area contributed by atoms with Crippen LogP contribution in [0.3, 0.4) is 0 Å². The highest BCUT2D eigenvalue weighted by Crippen LogP contribution is 2.46. The number of H-pyrrole nitrogens is 1. The Bertz CT molecular complexity index is 958. The molecule has 0 bridgehead atoms. The molecule has 0 saturated carbocycles. The summed E-state index contributed by atoms with van der Waals surface area (Å²) in [7, 11) is 0. The summed E-state index contributed by atoms with van der Waals surface area (Å²) >= 11 is 0. The first-order valence-electron chi connectivity index (χ1n) is 10.2. The number of allylic oxidation sites excluding steroid dienone is 2. The fraction of sp³-hybridized carbons (Fsp3) is 0.500. The fourth-order valence-corrected chi connectivity index (χ4v) is 4.14. The molecule has 4 N–H and O–H groups in total. The van der Waals surface area contributed by atoms with Gasteiger partial charge in [0.25, 0.3) is 0 Å². The van der Waals surface area contributed by atoms with Crippen LogP contribution in [-0.4, -0.2) is 43.1 Å². The average Bonchev–Trinajstić information content (AvgIpc) is 2.66. The predicted molar refractivity (Wildman–Crippen MR) is 112 cm³/mol. The maximum Gasteiger partial charge on any atom is 0.336 e. The molecule has 0 fully saturated rings. The molecular formula is C22H29N3O5. The molecule has 1 unspecified atom stereocenters. The molecule has 1 atom stereocenters. The van der Waals surface area contributed by atoms with Crippen molar-refractivity contribution in [3.63, 3.8) is 0 Å². The normalized spacial score (nSPS) is 20.7. The number of aromatic nitrogens is 1. The van der Waals surface area contributed by atoms with Gasteiger partial charge in [0, 0.05) is 42.4 Å². The summed E-state index contributed by atoms with van der Waals surface area (Å²) in [5.74, 6) is -1.27. The molecule has 1 aromatic heterocycles. The summed E-state index contributed by atoms with van der Waals surface area (Å²) in [6.45, 7) is 6.78. The van der Waals surface area contributed by atoms with E-state index in [1.165, 1.54) is 12.3 Å². The van der Waals surface area contributed by atoms with Gasteiger partial charge in [0.15, 0.2) is 5.78 Å². The van der Waals surface area contributed by atoms with E-state index in [0.717, 1.165) is 5.70 Å². The predicted octanol–water partition coefficient (Wildman–Crippen LogP) is 1.50. The second-order valence-electron chi connectivity index (χ2n) is 8.33. The minimum atomic E-state index is -0.692. The molecule has 30 heavy (non-hydrogen) atoms. The maximum atomic E-state index is 13.2. The number of ketones is 1. The van der Waals surface area contributed by atoms with Crippen LogP contribution in [0, 0.1) is 5.41 Å². The van der Waals surface area contributed by atoms with E-state index < -0.39 is 11.9 Å². The van der Waals surface area contributed by atoms with Gasteiger partial charge in [0.1, 0.15) is 0 Å². The number of pyridine rings is 1. The quantitative estimate of drug-likeness (QED) is 0.455. The zero-order valence-electron chi connectivity index (χ0n) is 17.7. The van der Waals surface area contributed by atoms with Crippen molar-refractivity contribution in [3.05, 3.63) is 56.8 Å². The lowest BCUT2D eigenvalue weighted by molar-refractivity contribution is -0.139. The second kappa shape index (κ2) is 8.97. The molecule has 1 aliphatic heterocycles. The van der Waals surface area contributed by atoms with Crippen molar-refractivity contribution < 1.29 is 19.1 Å². The standard InChI is InChI=1S/C22H29N3O5/c1-4-30-21(28)20-15(12-29-8-6-23)25-14-10-22(2,3)11-16(26)19(14)18(20)13-5-7-24-17(27)9-13/h5,7,9,18,25H,4,6,8,10-12,23H2,1-3H3,(H,24,27). The first-order chi connectivity index (χ1) is 14.3. The topological polar surface area (TPSA) is 124 Å². The largest absolute Gasteiger partial charge is 0.463 e. The van der Waals surface area contributed by atoms with Gasteiger partial charge in [0.2, 0.25) is 5.56 Å². The molecule has 0 radical (unpaired) electrons. The van der Waals surface area contributed by atoms with Crippen LogP contribution in [0.2, 0.25) is 0 Å². The fourth-order valence-electron chi connectivity index (χ4n) is 4.14. The molecule has 0 spiro atoms. The highest BCUT2D eigenvalue weighted by Gasteiger charge is 2.43. The third-order valence-electron chi connectivity index (χ3n) is 5.26. The summed E-state index contributed by atoms with van der Waals surface area (Å²) in [5, 5.41) is 3.29. The lowest BCUT2D eigenvalue weighted by Gasteiger charge is -2.39. The van der Waals surface area contributed by atoms with Crippen molar-refractivity contribution in [1.29, 1.82) is 0 Å². The number of esters is 1. The number of dihydropyridines is 1. The summed E-state index contributed by atoms with van der Waals surface area (Å²) in [4.78, 5) is 40.8. The van der Waals surface area contributed by atoms with Gasteiger partial charge in [-0.3, -0.25) is 9.59 Å². The molecule has 162 valence electrons. The van der Waals surface area contributed by atoms with Crippen molar-refractivity contribution in [2.75, 3.05) is 26.4 Å². The minimum Gasteiger partial charge on any atom is -0.463 e. The van der Waals surface area contributed by atoms with Crippen molar-refractivity contribution in [1.82, 2.24) is 10.3 Å². The molecule has 3 rings (SSSR count). The Labute approximate surface area is 175 Å². The first kappa shape index (κ1) is 22.0. The summed E-state index contributed by atoms with van der Waals surface area (Å²) < 4.78 is 10.9. The van der Waals surface area contributed by atoms with Gasteiger partial charge in [-0.2, -0.15) is 0 Å². The van der Waals surface area contributed by atoms with Gasteiger partial charge in [-0.25, -0.2) is 4.79 Å². The molecule has 1 aliphatic carbocycles. The van der Waals surface area contributed by atoms with E-state index in [1.54, 1.807) is 13.0 Å². The first-order valence-corrected chi connectivity index (χ1v) is 10.2. The summed E-state index contributed by atoms with van der Waals surface area (Å²) in [6.07, 6.45) is 2.52. The second-order valence-corrected chi connectivity index (χ2v) is 8.33. The molecule has 8 nitrogen and oxygen atoms in total. The van der Waals surface area contributed by atoms with Crippen LogP contribution >= 0.6 is 0 Å². The molecule has 1 aromatic rings. The monoisotopic (exact) mass is 415 g/mol. The molecule has 8 heteroatoms. The summed E-state index contributed by atoms with van der Waals surface area (Å²) in [6, 6.07) is 3.14. The van der Waals surface area contributed by atoms with Gasteiger partial charge in [-0.05, 0) is 30.4 Å². The van der Waals surface area contributed by atoms with Crippen molar-refractivity contribution >= 4 is 11.8 Å². The number of aromatic amines is 1. The number of carbonyl (C=O) groups excluding carboxylic acids is 2. The number of carbonyl (C=O) groups is 2.